The molecule has 3 N–H and O–H groups in total. The Balaban J connectivity index is 1.84. The van der Waals surface area contributed by atoms with E-state index in [0.717, 1.165) is 29.1 Å². The number of carbonyl (C=O) groups is 1. The fraction of sp³-hybridized carbons (Fsp3) is 0.435. The predicted octanol–water partition coefficient (Wildman–Crippen LogP) is 3.14. The van der Waals surface area contributed by atoms with E-state index in [1.54, 1.807) is 26.4 Å². The molecule has 0 radical (unpaired) electrons. The van der Waals surface area contributed by atoms with Crippen LogP contribution in [-0.4, -0.2) is 63.6 Å². The molecule has 0 bridgehead atoms. The molecule has 0 aliphatic carbocycles. The molecule has 3 rings (SSSR count). The second kappa shape index (κ2) is 10.6. The van der Waals surface area contributed by atoms with Gasteiger partial charge in [0, 0.05) is 44.2 Å². The highest BCUT2D eigenvalue weighted by Crippen LogP contribution is 2.35. The van der Waals surface area contributed by atoms with Gasteiger partial charge in [0.1, 0.15) is 11.5 Å². The number of likely N-dealkylation sites (tertiary alicyclic amines) is 1. The fourth-order valence-corrected chi connectivity index (χ4v) is 3.92. The molecular formula is C23H28F3N7O. The predicted molar refractivity (Wildman–Crippen MR) is 123 cm³/mol. The van der Waals surface area contributed by atoms with E-state index in [1.807, 2.05) is 6.92 Å². The van der Waals surface area contributed by atoms with Crippen LogP contribution in [0.25, 0.3) is 5.57 Å². The lowest BCUT2D eigenvalue weighted by Crippen LogP contribution is -2.59. The average Bonchev–Trinajstić information content (AvgIpc) is 2.81. The van der Waals surface area contributed by atoms with Crippen molar-refractivity contribution < 1.29 is 18.0 Å². The number of piperidine rings is 1. The number of aromatic nitrogens is 3. The molecule has 3 heterocycles. The maximum absolute atomic E-state index is 14.5. The summed E-state index contributed by atoms with van der Waals surface area (Å²) in [7, 11) is 1.56. The number of anilines is 1. The summed E-state index contributed by atoms with van der Waals surface area (Å²) < 4.78 is 42.3. The summed E-state index contributed by atoms with van der Waals surface area (Å²) in [5.41, 5.74) is 0.677. The maximum Gasteiger partial charge on any atom is 0.273 e. The average molecular weight is 476 g/mol. The maximum atomic E-state index is 14.5. The van der Waals surface area contributed by atoms with Gasteiger partial charge in [-0.3, -0.25) is 15.2 Å². The molecule has 1 fully saturated rings. The lowest BCUT2D eigenvalue weighted by atomic mass is 9.87. The molecule has 11 heteroatoms. The van der Waals surface area contributed by atoms with Gasteiger partial charge in [0.15, 0.2) is 0 Å². The summed E-state index contributed by atoms with van der Waals surface area (Å²) in [5, 5.41) is 14.2. The quantitative estimate of drug-likeness (QED) is 0.507. The highest BCUT2D eigenvalue weighted by atomic mass is 19.3. The number of nitrogens with one attached hydrogen (secondary N) is 3. The van der Waals surface area contributed by atoms with E-state index in [0.29, 0.717) is 5.95 Å². The summed E-state index contributed by atoms with van der Waals surface area (Å²) in [4.78, 5) is 26.7. The third kappa shape index (κ3) is 5.89. The Kier molecular flexibility index (Phi) is 7.85. The first-order chi connectivity index (χ1) is 16.1. The van der Waals surface area contributed by atoms with Gasteiger partial charge >= 0.3 is 0 Å². The van der Waals surface area contributed by atoms with Crippen molar-refractivity contribution in [3.8, 4) is 0 Å². The van der Waals surface area contributed by atoms with Gasteiger partial charge in [-0.15, -0.1) is 0 Å². The zero-order chi connectivity index (χ0) is 24.9. The highest BCUT2D eigenvalue weighted by molar-refractivity contribution is 6.54. The SMILES string of the molecule is CCc1cnc(NCC2C(C)CC(F)(F)CN2C(=O)C(=N)/C(=C\NC)c2ccc(F)cn2)nc1. The third-order valence-electron chi connectivity index (χ3n) is 5.70. The first-order valence-electron chi connectivity index (χ1n) is 11.0. The van der Waals surface area contributed by atoms with Crippen LogP contribution < -0.4 is 10.6 Å². The Morgan fingerprint density at radius 3 is 2.56 bits per heavy atom. The summed E-state index contributed by atoms with van der Waals surface area (Å²) >= 11 is 0. The number of rotatable bonds is 8. The lowest BCUT2D eigenvalue weighted by Gasteiger charge is -2.43. The Labute approximate surface area is 196 Å². The van der Waals surface area contributed by atoms with Crippen LogP contribution in [0.4, 0.5) is 19.1 Å². The number of hydrogen-bond acceptors (Lipinski definition) is 7. The van der Waals surface area contributed by atoms with Gasteiger partial charge < -0.3 is 15.5 Å². The molecule has 8 nitrogen and oxygen atoms in total. The van der Waals surface area contributed by atoms with Gasteiger partial charge in [0.25, 0.3) is 11.8 Å². The van der Waals surface area contributed by atoms with Crippen LogP contribution in [0.1, 0.15) is 31.5 Å². The van der Waals surface area contributed by atoms with Crippen molar-refractivity contribution >= 4 is 23.1 Å². The van der Waals surface area contributed by atoms with Crippen LogP contribution in [0.3, 0.4) is 0 Å². The van der Waals surface area contributed by atoms with E-state index in [2.05, 4.69) is 25.6 Å². The van der Waals surface area contributed by atoms with Crippen LogP contribution in [0.15, 0.2) is 36.9 Å². The van der Waals surface area contributed by atoms with Crippen LogP contribution in [0.2, 0.25) is 0 Å². The number of pyridine rings is 1. The molecule has 2 aromatic rings. The number of nitrogens with zero attached hydrogens (tertiary/aromatic N) is 4. The van der Waals surface area contributed by atoms with Gasteiger partial charge in [0.05, 0.1) is 24.5 Å². The van der Waals surface area contributed by atoms with E-state index in [1.165, 1.54) is 12.3 Å². The van der Waals surface area contributed by atoms with Gasteiger partial charge in [-0.1, -0.05) is 13.8 Å². The number of halogens is 3. The third-order valence-corrected chi connectivity index (χ3v) is 5.70. The van der Waals surface area contributed by atoms with Gasteiger partial charge in [-0.05, 0) is 30.0 Å². The molecule has 2 unspecified atom stereocenters. The highest BCUT2D eigenvalue weighted by Gasteiger charge is 2.46. The minimum absolute atomic E-state index is 0.0687. The molecular weight excluding hydrogens is 447 g/mol. The molecule has 1 amide bonds. The smallest absolute Gasteiger partial charge is 0.273 e. The molecule has 0 saturated carbocycles. The normalized spacial score (nSPS) is 20.1. The molecule has 1 aliphatic heterocycles. The van der Waals surface area contributed by atoms with Crippen molar-refractivity contribution in [1.82, 2.24) is 25.2 Å². The Morgan fingerprint density at radius 2 is 1.97 bits per heavy atom. The number of alkyl halides is 2. The topological polar surface area (TPSA) is 107 Å². The Morgan fingerprint density at radius 1 is 1.26 bits per heavy atom. The lowest BCUT2D eigenvalue weighted by molar-refractivity contribution is -0.145. The minimum Gasteiger partial charge on any atom is -0.393 e. The monoisotopic (exact) mass is 475 g/mol. The molecule has 1 saturated heterocycles. The number of carbonyl (C=O) groups excluding carboxylic acids is 1. The van der Waals surface area contributed by atoms with Gasteiger partial charge in [-0.2, -0.15) is 0 Å². The van der Waals surface area contributed by atoms with Crippen LogP contribution in [-0.2, 0) is 11.2 Å². The summed E-state index contributed by atoms with van der Waals surface area (Å²) in [5.74, 6) is -4.76. The zero-order valence-electron chi connectivity index (χ0n) is 19.3. The molecule has 0 aromatic carbocycles. The molecule has 182 valence electrons. The van der Waals surface area contributed by atoms with Crippen molar-refractivity contribution in [2.24, 2.45) is 5.92 Å². The van der Waals surface area contributed by atoms with E-state index in [-0.39, 0.29) is 24.2 Å². The molecule has 0 spiro atoms. The van der Waals surface area contributed by atoms with Crippen LogP contribution in [0.5, 0.6) is 0 Å². The van der Waals surface area contributed by atoms with Crippen molar-refractivity contribution in [2.45, 2.75) is 38.7 Å². The van der Waals surface area contributed by atoms with E-state index < -0.39 is 41.9 Å². The second-order valence-electron chi connectivity index (χ2n) is 8.27. The zero-order valence-corrected chi connectivity index (χ0v) is 19.3. The molecule has 34 heavy (non-hydrogen) atoms. The number of hydrogen-bond donors (Lipinski definition) is 3. The summed E-state index contributed by atoms with van der Waals surface area (Å²) in [6.45, 7) is 2.95. The van der Waals surface area contributed by atoms with Crippen molar-refractivity contribution in [3.63, 3.8) is 0 Å². The first-order valence-corrected chi connectivity index (χ1v) is 11.0. The molecule has 1 aliphatic rings. The summed E-state index contributed by atoms with van der Waals surface area (Å²) in [6, 6.07) is 1.85. The molecule has 2 atom stereocenters. The van der Waals surface area contributed by atoms with Gasteiger partial charge in [-0.25, -0.2) is 23.1 Å². The summed E-state index contributed by atoms with van der Waals surface area (Å²) in [6.07, 6.45) is 6.08. The fourth-order valence-electron chi connectivity index (χ4n) is 3.92. The Hall–Kier alpha value is -3.50. The number of aryl methyl sites for hydroxylation is 1. The van der Waals surface area contributed by atoms with Crippen LogP contribution in [0, 0.1) is 17.1 Å². The van der Waals surface area contributed by atoms with E-state index in [4.69, 9.17) is 5.41 Å². The van der Waals surface area contributed by atoms with Gasteiger partial charge in [0.2, 0.25) is 5.95 Å². The van der Waals surface area contributed by atoms with Crippen molar-refractivity contribution in [2.75, 3.05) is 25.5 Å². The molecule has 2 aromatic heterocycles. The second-order valence-corrected chi connectivity index (χ2v) is 8.27. The standard InChI is InChI=1S/C23H28F3N7O/c1-4-15-8-30-22(31-9-15)32-12-19-14(2)7-23(25,26)13-33(19)21(34)20(27)17(11-28-3)18-6-5-16(24)10-29-18/h5-6,8-11,14,19,27-28H,4,7,12-13H2,1-3H3,(H,30,31,32)/b17-11-,27-20?. The largest absolute Gasteiger partial charge is 0.393 e. The van der Waals surface area contributed by atoms with Crippen molar-refractivity contribution in [3.05, 3.63) is 54.0 Å². The van der Waals surface area contributed by atoms with E-state index >= 15 is 0 Å². The van der Waals surface area contributed by atoms with Crippen molar-refractivity contribution in [1.29, 1.82) is 5.41 Å². The first kappa shape index (κ1) is 25.1. The minimum atomic E-state index is -3.09. The number of amides is 1. The Bertz CT molecular complexity index is 1040. The van der Waals surface area contributed by atoms with E-state index in [9.17, 15) is 18.0 Å². The van der Waals surface area contributed by atoms with Crippen LogP contribution >= 0.6 is 0 Å².